The predicted octanol–water partition coefficient (Wildman–Crippen LogP) is 2.38. The fourth-order valence-electron chi connectivity index (χ4n) is 2.02. The van der Waals surface area contributed by atoms with Crippen molar-refractivity contribution >= 4 is 5.69 Å². The molecule has 1 aromatic rings. The van der Waals surface area contributed by atoms with Crippen LogP contribution in [0.3, 0.4) is 0 Å². The molecular formula is C13H17N3O. The summed E-state index contributed by atoms with van der Waals surface area (Å²) >= 11 is 0. The number of piperidine rings is 1. The van der Waals surface area contributed by atoms with E-state index < -0.39 is 0 Å². The molecule has 0 saturated carbocycles. The van der Waals surface area contributed by atoms with Crippen LogP contribution in [0.1, 0.15) is 24.8 Å². The van der Waals surface area contributed by atoms with Gasteiger partial charge >= 0.3 is 0 Å². The van der Waals surface area contributed by atoms with Crippen molar-refractivity contribution in [3.8, 4) is 11.8 Å². The van der Waals surface area contributed by atoms with Gasteiger partial charge in [0.15, 0.2) is 0 Å². The minimum absolute atomic E-state index is 0.649. The molecule has 0 spiro atoms. The highest BCUT2D eigenvalue weighted by atomic mass is 16.5. The fourth-order valence-corrected chi connectivity index (χ4v) is 2.02. The van der Waals surface area contributed by atoms with E-state index in [1.807, 2.05) is 6.07 Å². The minimum atomic E-state index is 0.649. The van der Waals surface area contributed by atoms with Gasteiger partial charge < -0.3 is 10.2 Å². The molecule has 1 heterocycles. The molecule has 1 N–H and O–H groups in total. The molecule has 0 atom stereocenters. The maximum absolute atomic E-state index is 9.06. The molecule has 4 nitrogen and oxygen atoms in total. The second kappa shape index (κ2) is 5.55. The molecule has 1 aliphatic heterocycles. The Balaban J connectivity index is 2.14. The molecule has 0 radical (unpaired) electrons. The zero-order valence-electron chi connectivity index (χ0n) is 10.1. The normalized spacial score (nSPS) is 16.2. The number of rotatable bonds is 3. The molecular weight excluding hydrogens is 214 g/mol. The molecule has 90 valence electrons. The van der Waals surface area contributed by atoms with Crippen molar-refractivity contribution in [2.24, 2.45) is 0 Å². The summed E-state index contributed by atoms with van der Waals surface area (Å²) in [6.07, 6.45) is 3.71. The Kier molecular flexibility index (Phi) is 3.84. The van der Waals surface area contributed by atoms with Crippen molar-refractivity contribution in [1.29, 1.82) is 5.26 Å². The number of hydrazine groups is 1. The van der Waals surface area contributed by atoms with E-state index in [4.69, 9.17) is 10.00 Å². The highest BCUT2D eigenvalue weighted by Crippen LogP contribution is 2.23. The van der Waals surface area contributed by atoms with Crippen LogP contribution in [0.4, 0.5) is 5.69 Å². The van der Waals surface area contributed by atoms with E-state index in [-0.39, 0.29) is 0 Å². The van der Waals surface area contributed by atoms with Crippen LogP contribution in [0.2, 0.25) is 0 Å². The molecule has 4 heteroatoms. The molecule has 1 aromatic carbocycles. The highest BCUT2D eigenvalue weighted by molar-refractivity contribution is 5.59. The Morgan fingerprint density at radius 2 is 2.06 bits per heavy atom. The zero-order valence-corrected chi connectivity index (χ0v) is 10.1. The Labute approximate surface area is 102 Å². The van der Waals surface area contributed by atoms with Gasteiger partial charge in [-0.1, -0.05) is 6.42 Å². The van der Waals surface area contributed by atoms with E-state index in [9.17, 15) is 0 Å². The molecule has 1 saturated heterocycles. The van der Waals surface area contributed by atoms with E-state index in [0.29, 0.717) is 5.56 Å². The van der Waals surface area contributed by atoms with Crippen molar-refractivity contribution in [1.82, 2.24) is 5.01 Å². The molecule has 1 aliphatic rings. The Bertz CT molecular complexity index is 419. The van der Waals surface area contributed by atoms with Gasteiger partial charge in [0.25, 0.3) is 0 Å². The van der Waals surface area contributed by atoms with Gasteiger partial charge in [0, 0.05) is 19.2 Å². The lowest BCUT2D eigenvalue weighted by Gasteiger charge is -2.28. The van der Waals surface area contributed by atoms with Crippen LogP contribution in [0, 0.1) is 11.3 Å². The third kappa shape index (κ3) is 2.89. The average Bonchev–Trinajstić information content (AvgIpc) is 2.40. The summed E-state index contributed by atoms with van der Waals surface area (Å²) in [4.78, 5) is 0. The van der Waals surface area contributed by atoms with Crippen LogP contribution in [0.5, 0.6) is 5.75 Å². The number of nitriles is 1. The van der Waals surface area contributed by atoms with E-state index in [2.05, 4.69) is 16.5 Å². The van der Waals surface area contributed by atoms with Gasteiger partial charge in [-0.05, 0) is 25.0 Å². The van der Waals surface area contributed by atoms with E-state index in [1.165, 1.54) is 19.3 Å². The lowest BCUT2D eigenvalue weighted by Crippen LogP contribution is -2.35. The first-order valence-corrected chi connectivity index (χ1v) is 5.93. The van der Waals surface area contributed by atoms with Crippen molar-refractivity contribution < 1.29 is 4.74 Å². The van der Waals surface area contributed by atoms with Crippen LogP contribution in [0.25, 0.3) is 0 Å². The quantitative estimate of drug-likeness (QED) is 0.867. The van der Waals surface area contributed by atoms with Crippen LogP contribution in [-0.2, 0) is 0 Å². The van der Waals surface area contributed by atoms with Crippen molar-refractivity contribution in [2.75, 3.05) is 25.6 Å². The molecule has 0 aromatic heterocycles. The van der Waals surface area contributed by atoms with Crippen LogP contribution in [0.15, 0.2) is 18.2 Å². The first kappa shape index (κ1) is 11.7. The standard InChI is InChI=1S/C13H17N3O/c1-17-12-6-5-11(10-14)13(9-12)15-16-7-3-2-4-8-16/h5-6,9,15H,2-4,7-8H2,1H3. The van der Waals surface area contributed by atoms with Gasteiger partial charge in [0.05, 0.1) is 18.4 Å². The minimum Gasteiger partial charge on any atom is -0.497 e. The summed E-state index contributed by atoms with van der Waals surface area (Å²) in [5.41, 5.74) is 4.78. The van der Waals surface area contributed by atoms with Gasteiger partial charge in [-0.2, -0.15) is 5.26 Å². The van der Waals surface area contributed by atoms with Gasteiger partial charge in [-0.25, -0.2) is 5.01 Å². The van der Waals surface area contributed by atoms with Gasteiger partial charge in [0.2, 0.25) is 0 Å². The summed E-state index contributed by atoms with van der Waals surface area (Å²) in [7, 11) is 1.63. The smallest absolute Gasteiger partial charge is 0.121 e. The zero-order chi connectivity index (χ0) is 12.1. The summed E-state index contributed by atoms with van der Waals surface area (Å²) in [5.74, 6) is 0.767. The molecule has 0 unspecified atom stereocenters. The van der Waals surface area contributed by atoms with Crippen molar-refractivity contribution in [3.63, 3.8) is 0 Å². The number of methoxy groups -OCH3 is 1. The highest BCUT2D eigenvalue weighted by Gasteiger charge is 2.12. The lowest BCUT2D eigenvalue weighted by molar-refractivity contribution is 0.273. The number of nitrogens with zero attached hydrogens (tertiary/aromatic N) is 2. The Morgan fingerprint density at radius 3 is 2.71 bits per heavy atom. The van der Waals surface area contributed by atoms with Crippen LogP contribution in [-0.4, -0.2) is 25.2 Å². The SMILES string of the molecule is COc1ccc(C#N)c(NN2CCCCC2)c1. The monoisotopic (exact) mass is 231 g/mol. The van der Waals surface area contributed by atoms with E-state index >= 15 is 0 Å². The lowest BCUT2D eigenvalue weighted by atomic mass is 10.1. The van der Waals surface area contributed by atoms with Crippen molar-refractivity contribution in [2.45, 2.75) is 19.3 Å². The first-order chi connectivity index (χ1) is 8.33. The summed E-state index contributed by atoms with van der Waals surface area (Å²) in [5, 5.41) is 11.2. The summed E-state index contributed by atoms with van der Waals surface area (Å²) in [6, 6.07) is 7.65. The third-order valence-corrected chi connectivity index (χ3v) is 2.98. The number of hydrogen-bond donors (Lipinski definition) is 1. The number of benzene rings is 1. The molecule has 17 heavy (non-hydrogen) atoms. The molecule has 0 bridgehead atoms. The molecule has 2 rings (SSSR count). The Hall–Kier alpha value is -1.73. The summed E-state index contributed by atoms with van der Waals surface area (Å²) in [6.45, 7) is 2.06. The number of ether oxygens (including phenoxy) is 1. The van der Waals surface area contributed by atoms with E-state index in [1.54, 1.807) is 19.2 Å². The first-order valence-electron chi connectivity index (χ1n) is 5.93. The molecule has 0 amide bonds. The summed E-state index contributed by atoms with van der Waals surface area (Å²) < 4.78 is 5.18. The number of hydrogen-bond acceptors (Lipinski definition) is 4. The maximum Gasteiger partial charge on any atom is 0.121 e. The van der Waals surface area contributed by atoms with Gasteiger partial charge in [-0.15, -0.1) is 0 Å². The predicted molar refractivity (Wildman–Crippen MR) is 66.8 cm³/mol. The van der Waals surface area contributed by atoms with Gasteiger partial charge in [-0.3, -0.25) is 0 Å². The van der Waals surface area contributed by atoms with Crippen molar-refractivity contribution in [3.05, 3.63) is 23.8 Å². The molecule has 1 fully saturated rings. The van der Waals surface area contributed by atoms with Crippen LogP contribution < -0.4 is 10.2 Å². The van der Waals surface area contributed by atoms with Crippen LogP contribution >= 0.6 is 0 Å². The topological polar surface area (TPSA) is 48.3 Å². The second-order valence-corrected chi connectivity index (χ2v) is 4.18. The maximum atomic E-state index is 9.06. The average molecular weight is 231 g/mol. The number of anilines is 1. The largest absolute Gasteiger partial charge is 0.497 e. The molecule has 0 aliphatic carbocycles. The Morgan fingerprint density at radius 1 is 1.29 bits per heavy atom. The number of nitrogens with one attached hydrogen (secondary N) is 1. The second-order valence-electron chi connectivity index (χ2n) is 4.18. The van der Waals surface area contributed by atoms with Gasteiger partial charge in [0.1, 0.15) is 11.8 Å². The van der Waals surface area contributed by atoms with E-state index in [0.717, 1.165) is 24.5 Å². The third-order valence-electron chi connectivity index (χ3n) is 2.98. The fraction of sp³-hybridized carbons (Fsp3) is 0.462.